The fourth-order valence-electron chi connectivity index (χ4n) is 8.95. The van der Waals surface area contributed by atoms with Crippen LogP contribution >= 0.6 is 0 Å². The highest BCUT2D eigenvalue weighted by Gasteiger charge is 2.47. The lowest BCUT2D eigenvalue weighted by Gasteiger charge is -2.42. The fourth-order valence-corrected chi connectivity index (χ4v) is 8.95. The molecule has 2 saturated heterocycles. The fraction of sp³-hybridized carbons (Fsp3) is 0.708. The molecular formula is C65H108O14. The molecule has 0 amide bonds. The number of hydrogen-bond acceptors (Lipinski definition) is 14. The number of hydrogen-bond donors (Lipinski definition) is 7. The Morgan fingerprint density at radius 2 is 0.785 bits per heavy atom. The molecule has 14 nitrogen and oxygen atoms in total. The minimum Gasteiger partial charge on any atom is -0.457 e. The average molecular weight is 1110 g/mol. The Kier molecular flexibility index (Phi) is 45.8. The van der Waals surface area contributed by atoms with Gasteiger partial charge in [0.05, 0.1) is 26.4 Å². The molecule has 11 unspecified atom stereocenters. The maximum absolute atomic E-state index is 13.1. The maximum Gasteiger partial charge on any atom is 0.306 e. The summed E-state index contributed by atoms with van der Waals surface area (Å²) in [6.45, 7) is 3.42. The van der Waals surface area contributed by atoms with Crippen LogP contribution in [0.15, 0.2) is 109 Å². The number of unbranched alkanes of at least 4 members (excludes halogenated alkanes) is 16. The molecule has 7 N–H and O–H groups in total. The van der Waals surface area contributed by atoms with Crippen molar-refractivity contribution in [2.45, 2.75) is 261 Å². The lowest BCUT2D eigenvalue weighted by Crippen LogP contribution is -2.61. The highest BCUT2D eigenvalue weighted by atomic mass is 16.7. The van der Waals surface area contributed by atoms with E-state index in [1.54, 1.807) is 0 Å². The van der Waals surface area contributed by atoms with Crippen LogP contribution in [-0.2, 0) is 33.2 Å². The Hall–Kier alpha value is -3.35. The van der Waals surface area contributed by atoms with Gasteiger partial charge in [0.25, 0.3) is 0 Å². The van der Waals surface area contributed by atoms with Crippen molar-refractivity contribution in [3.05, 3.63) is 109 Å². The third-order valence-corrected chi connectivity index (χ3v) is 13.8. The van der Waals surface area contributed by atoms with Crippen LogP contribution in [0.5, 0.6) is 0 Å². The summed E-state index contributed by atoms with van der Waals surface area (Å²) < 4.78 is 34.4. The topological polar surface area (TPSA) is 214 Å². The normalized spacial score (nSPS) is 24.8. The Morgan fingerprint density at radius 3 is 1.23 bits per heavy atom. The first-order chi connectivity index (χ1) is 38.6. The second kappa shape index (κ2) is 50.4. The highest BCUT2D eigenvalue weighted by molar-refractivity contribution is 5.69. The van der Waals surface area contributed by atoms with E-state index in [9.17, 15) is 40.5 Å². The average Bonchev–Trinajstić information content (AvgIpc) is 3.46. The molecule has 79 heavy (non-hydrogen) atoms. The second-order valence-electron chi connectivity index (χ2n) is 20.8. The molecule has 2 rings (SSSR count). The van der Waals surface area contributed by atoms with Crippen molar-refractivity contribution in [2.24, 2.45) is 0 Å². The van der Waals surface area contributed by atoms with Crippen LogP contribution in [0.25, 0.3) is 0 Å². The van der Waals surface area contributed by atoms with Crippen LogP contribution in [-0.4, -0.2) is 142 Å². The first kappa shape index (κ1) is 71.8. The summed E-state index contributed by atoms with van der Waals surface area (Å²) in [7, 11) is 0. The molecule has 11 atom stereocenters. The van der Waals surface area contributed by atoms with Crippen LogP contribution in [0.1, 0.15) is 194 Å². The summed E-state index contributed by atoms with van der Waals surface area (Å²) in [6.07, 6.45) is 52.8. The summed E-state index contributed by atoms with van der Waals surface area (Å²) in [5, 5.41) is 72.4. The van der Waals surface area contributed by atoms with E-state index >= 15 is 0 Å². The Morgan fingerprint density at radius 1 is 0.418 bits per heavy atom. The third kappa shape index (κ3) is 36.7. The number of carbonyl (C=O) groups excluding carboxylic acids is 1. The first-order valence-electron chi connectivity index (χ1n) is 30.5. The molecule has 452 valence electrons. The maximum atomic E-state index is 13.1. The molecule has 0 aromatic carbocycles. The van der Waals surface area contributed by atoms with E-state index in [4.69, 9.17) is 28.4 Å². The van der Waals surface area contributed by atoms with E-state index in [0.29, 0.717) is 13.0 Å². The molecule has 0 aliphatic carbocycles. The van der Waals surface area contributed by atoms with E-state index in [2.05, 4.69) is 123 Å². The van der Waals surface area contributed by atoms with Crippen LogP contribution in [0, 0.1) is 0 Å². The van der Waals surface area contributed by atoms with Crippen molar-refractivity contribution in [2.75, 3.05) is 33.0 Å². The van der Waals surface area contributed by atoms with Gasteiger partial charge in [-0.05, 0) is 96.3 Å². The zero-order valence-corrected chi connectivity index (χ0v) is 48.6. The van der Waals surface area contributed by atoms with Gasteiger partial charge in [-0.15, -0.1) is 0 Å². The van der Waals surface area contributed by atoms with Gasteiger partial charge in [0.1, 0.15) is 54.9 Å². The van der Waals surface area contributed by atoms with E-state index < -0.39 is 86.7 Å². The summed E-state index contributed by atoms with van der Waals surface area (Å²) in [5.41, 5.74) is 0. The van der Waals surface area contributed by atoms with Crippen molar-refractivity contribution < 1.29 is 69.0 Å². The summed E-state index contributed by atoms with van der Waals surface area (Å²) in [5.74, 6) is -0.391. The molecule has 0 radical (unpaired) electrons. The summed E-state index contributed by atoms with van der Waals surface area (Å²) in [4.78, 5) is 13.1. The quantitative estimate of drug-likeness (QED) is 0.0172. The van der Waals surface area contributed by atoms with Crippen molar-refractivity contribution in [1.82, 2.24) is 0 Å². The standard InChI is InChI=1S/C65H108O14/c1-3-5-7-9-11-13-15-17-19-21-23-25-26-27-28-29-30-32-34-36-38-40-42-44-46-48-57(67)77-54(51-74-49-47-45-43-41-39-37-35-33-31-24-22-20-18-16-14-12-10-8-6-4-2)52-75-64-63(73)61(71)59(69)56(79-64)53-76-65-62(72)60(70)58(68)55(50-66)78-65/h5-8,11-14,17-20,23-25,27-28,31,54-56,58-66,68-73H,3-4,9-10,15-16,21-22,26,29-30,32-53H2,1-2H3/b7-5-,8-6-,13-11-,14-12-,19-17-,20-18-,25-23-,28-27-,31-24-. The van der Waals surface area contributed by atoms with Crippen LogP contribution < -0.4 is 0 Å². The first-order valence-corrected chi connectivity index (χ1v) is 30.5. The largest absolute Gasteiger partial charge is 0.457 e. The van der Waals surface area contributed by atoms with Crippen molar-refractivity contribution in [3.8, 4) is 0 Å². The van der Waals surface area contributed by atoms with Crippen molar-refractivity contribution >= 4 is 5.97 Å². The second-order valence-corrected chi connectivity index (χ2v) is 20.8. The molecular weight excluding hydrogens is 1000 g/mol. The SMILES string of the molecule is CC/C=C\C/C=C\C/C=C\C/C=C\C/C=C\CCCCCCCCCCCC(=O)OC(COCCCCCCCCC/C=C\C/C=C\C/C=C\C/C=C\CC)COC1OC(COC2OC(CO)C(O)C(O)C2O)C(O)C(O)C1O. The molecule has 0 spiro atoms. The Bertz CT molecular complexity index is 1720. The van der Waals surface area contributed by atoms with E-state index in [-0.39, 0.29) is 19.6 Å². The summed E-state index contributed by atoms with van der Waals surface area (Å²) >= 11 is 0. The van der Waals surface area contributed by atoms with Crippen LogP contribution in [0.3, 0.4) is 0 Å². The number of esters is 1. The minimum atomic E-state index is -1.72. The highest BCUT2D eigenvalue weighted by Crippen LogP contribution is 2.26. The smallest absolute Gasteiger partial charge is 0.306 e. The van der Waals surface area contributed by atoms with Gasteiger partial charge < -0.3 is 64.2 Å². The lowest BCUT2D eigenvalue weighted by atomic mass is 9.98. The zero-order valence-electron chi connectivity index (χ0n) is 48.6. The van der Waals surface area contributed by atoms with Crippen molar-refractivity contribution in [1.29, 1.82) is 0 Å². The summed E-state index contributed by atoms with van der Waals surface area (Å²) in [6, 6.07) is 0. The molecule has 2 aliphatic heterocycles. The number of ether oxygens (including phenoxy) is 6. The molecule has 0 aromatic heterocycles. The van der Waals surface area contributed by atoms with Gasteiger partial charge in [0.2, 0.25) is 0 Å². The number of allylic oxidation sites excluding steroid dienone is 18. The molecule has 0 aromatic rings. The number of aliphatic hydroxyl groups is 7. The molecule has 0 saturated carbocycles. The number of carbonyl (C=O) groups is 1. The monoisotopic (exact) mass is 1110 g/mol. The Balaban J connectivity index is 1.71. The van der Waals surface area contributed by atoms with Gasteiger partial charge in [-0.25, -0.2) is 0 Å². The molecule has 14 heteroatoms. The third-order valence-electron chi connectivity index (χ3n) is 13.8. The van der Waals surface area contributed by atoms with E-state index in [1.165, 1.54) is 51.4 Å². The molecule has 2 aliphatic rings. The minimum absolute atomic E-state index is 0.0446. The van der Waals surface area contributed by atoms with E-state index in [1.807, 2.05) is 0 Å². The van der Waals surface area contributed by atoms with Gasteiger partial charge in [-0.1, -0.05) is 200 Å². The number of rotatable bonds is 48. The van der Waals surface area contributed by atoms with Crippen LogP contribution in [0.4, 0.5) is 0 Å². The molecule has 2 fully saturated rings. The molecule has 2 heterocycles. The molecule has 0 bridgehead atoms. The predicted molar refractivity (Wildman–Crippen MR) is 316 cm³/mol. The van der Waals surface area contributed by atoms with Gasteiger partial charge in [-0.3, -0.25) is 4.79 Å². The predicted octanol–water partition coefficient (Wildman–Crippen LogP) is 11.5. The van der Waals surface area contributed by atoms with Gasteiger partial charge in [-0.2, -0.15) is 0 Å². The van der Waals surface area contributed by atoms with Gasteiger partial charge >= 0.3 is 5.97 Å². The van der Waals surface area contributed by atoms with E-state index in [0.717, 1.165) is 116 Å². The van der Waals surface area contributed by atoms with Gasteiger partial charge in [0, 0.05) is 13.0 Å². The zero-order chi connectivity index (χ0) is 57.2. The lowest BCUT2D eigenvalue weighted by molar-refractivity contribution is -0.332. The Labute approximate surface area is 476 Å². The number of aliphatic hydroxyl groups excluding tert-OH is 7. The van der Waals surface area contributed by atoms with Gasteiger partial charge in [0.15, 0.2) is 12.6 Å². The van der Waals surface area contributed by atoms with Crippen LogP contribution in [0.2, 0.25) is 0 Å². The van der Waals surface area contributed by atoms with Crippen molar-refractivity contribution in [3.63, 3.8) is 0 Å².